The van der Waals surface area contributed by atoms with Crippen molar-refractivity contribution in [2.24, 2.45) is 16.8 Å². The van der Waals surface area contributed by atoms with Crippen LogP contribution in [-0.2, 0) is 13.0 Å². The molecule has 0 saturated heterocycles. The van der Waals surface area contributed by atoms with Crippen molar-refractivity contribution in [2.45, 2.75) is 52.2 Å². The fraction of sp³-hybridized carbons (Fsp3) is 0.310. The predicted octanol–water partition coefficient (Wildman–Crippen LogP) is 5.06. The van der Waals surface area contributed by atoms with E-state index in [1.54, 1.807) is 31.4 Å². The summed E-state index contributed by atoms with van der Waals surface area (Å²) in [6, 6.07) is 16.4. The van der Waals surface area contributed by atoms with E-state index < -0.39 is 5.60 Å². The van der Waals surface area contributed by atoms with E-state index in [0.29, 0.717) is 37.8 Å². The minimum absolute atomic E-state index is 0.422. The van der Waals surface area contributed by atoms with Gasteiger partial charge in [0.25, 0.3) is 0 Å². The summed E-state index contributed by atoms with van der Waals surface area (Å²) in [6.45, 7) is 6.57. The van der Waals surface area contributed by atoms with Gasteiger partial charge < -0.3 is 25.8 Å². The van der Waals surface area contributed by atoms with Crippen LogP contribution in [0.15, 0.2) is 65.2 Å². The molecule has 9 heteroatoms. The van der Waals surface area contributed by atoms with Crippen molar-refractivity contribution in [2.75, 3.05) is 6.61 Å². The van der Waals surface area contributed by atoms with Crippen LogP contribution in [0.3, 0.4) is 0 Å². The molecule has 0 unspecified atom stereocenters. The largest absolute Gasteiger partial charge is 0.493 e. The van der Waals surface area contributed by atoms with Gasteiger partial charge in [0, 0.05) is 40.8 Å². The second kappa shape index (κ2) is 12.3. The van der Waals surface area contributed by atoms with Gasteiger partial charge in [-0.25, -0.2) is 10.8 Å². The Kier molecular flexibility index (Phi) is 8.83. The zero-order chi connectivity index (χ0) is 27.1. The first kappa shape index (κ1) is 27.4. The van der Waals surface area contributed by atoms with Gasteiger partial charge in [0.05, 0.1) is 12.2 Å². The lowest BCUT2D eigenvalue weighted by atomic mass is 9.99. The summed E-state index contributed by atoms with van der Waals surface area (Å²) < 4.78 is 13.1. The second-order valence-electron chi connectivity index (χ2n) is 9.88. The van der Waals surface area contributed by atoms with Gasteiger partial charge in [-0.2, -0.15) is 5.10 Å². The van der Waals surface area contributed by atoms with Crippen LogP contribution in [0, 0.1) is 6.92 Å². The van der Waals surface area contributed by atoms with E-state index >= 15 is 0 Å². The summed E-state index contributed by atoms with van der Waals surface area (Å²) in [7, 11) is 0. The first-order valence-electron chi connectivity index (χ1n) is 12.5. The summed E-state index contributed by atoms with van der Waals surface area (Å²) >= 11 is 1.73. The maximum absolute atomic E-state index is 9.90. The lowest BCUT2D eigenvalue weighted by molar-refractivity contribution is 0.0553. The number of ether oxygens (including phenoxy) is 2. The zero-order valence-electron chi connectivity index (χ0n) is 22.0. The molecule has 0 aliphatic rings. The molecule has 0 aliphatic heterocycles. The number of pyridine rings is 1. The average Bonchev–Trinajstić information content (AvgIpc) is 3.31. The SMILES string of the molecule is Cc1cc(OCCC(C)(C)O)ccc1-c1csc2ccc(COc3ccc(CC/C(=N/N)NN)cn3)cc12. The molecule has 0 spiro atoms. The van der Waals surface area contributed by atoms with Crippen molar-refractivity contribution in [3.63, 3.8) is 0 Å². The van der Waals surface area contributed by atoms with Gasteiger partial charge in [0.15, 0.2) is 0 Å². The maximum atomic E-state index is 9.90. The number of rotatable bonds is 11. The molecular formula is C29H35N5O3S. The molecule has 0 radical (unpaired) electrons. The molecule has 200 valence electrons. The predicted molar refractivity (Wildman–Crippen MR) is 154 cm³/mol. The molecule has 0 bridgehead atoms. The number of aliphatic hydroxyl groups is 1. The number of benzene rings is 2. The Bertz CT molecular complexity index is 1390. The minimum Gasteiger partial charge on any atom is -0.493 e. The maximum Gasteiger partial charge on any atom is 0.213 e. The average molecular weight is 534 g/mol. The minimum atomic E-state index is -0.737. The van der Waals surface area contributed by atoms with E-state index in [9.17, 15) is 5.11 Å². The molecule has 4 rings (SSSR count). The smallest absolute Gasteiger partial charge is 0.213 e. The number of amidine groups is 1. The molecule has 4 aromatic rings. The Morgan fingerprint density at radius 2 is 1.89 bits per heavy atom. The van der Waals surface area contributed by atoms with Crippen LogP contribution in [0.4, 0.5) is 0 Å². The quantitative estimate of drug-likeness (QED) is 0.0918. The number of fused-ring (bicyclic) bond motifs is 1. The van der Waals surface area contributed by atoms with Crippen molar-refractivity contribution >= 4 is 27.3 Å². The number of aryl methyl sites for hydroxylation is 2. The molecule has 38 heavy (non-hydrogen) atoms. The van der Waals surface area contributed by atoms with Gasteiger partial charge in [-0.3, -0.25) is 0 Å². The van der Waals surface area contributed by atoms with Gasteiger partial charge in [-0.15, -0.1) is 11.3 Å². The second-order valence-corrected chi connectivity index (χ2v) is 10.8. The van der Waals surface area contributed by atoms with Gasteiger partial charge in [-0.05, 0) is 79.1 Å². The Labute approximate surface area is 227 Å². The first-order chi connectivity index (χ1) is 18.3. The van der Waals surface area contributed by atoms with Crippen molar-refractivity contribution in [3.05, 3.63) is 76.8 Å². The Morgan fingerprint density at radius 1 is 1.08 bits per heavy atom. The van der Waals surface area contributed by atoms with Crippen LogP contribution in [-0.4, -0.2) is 28.1 Å². The summed E-state index contributed by atoms with van der Waals surface area (Å²) in [5.74, 6) is 12.6. The summed E-state index contributed by atoms with van der Waals surface area (Å²) in [5, 5.41) is 16.9. The number of hydrogen-bond donors (Lipinski definition) is 4. The highest BCUT2D eigenvalue weighted by Crippen LogP contribution is 2.37. The van der Waals surface area contributed by atoms with E-state index in [0.717, 1.165) is 28.9 Å². The number of hydrogen-bond acceptors (Lipinski definition) is 8. The highest BCUT2D eigenvalue weighted by atomic mass is 32.1. The Morgan fingerprint density at radius 3 is 2.58 bits per heavy atom. The van der Waals surface area contributed by atoms with Crippen molar-refractivity contribution in [1.82, 2.24) is 10.4 Å². The number of hydrazine groups is 1. The normalized spacial score (nSPS) is 12.1. The molecule has 2 aromatic heterocycles. The van der Waals surface area contributed by atoms with E-state index in [1.807, 2.05) is 18.2 Å². The highest BCUT2D eigenvalue weighted by Gasteiger charge is 2.14. The fourth-order valence-electron chi connectivity index (χ4n) is 4.06. The Balaban J connectivity index is 1.42. The number of nitrogens with one attached hydrogen (secondary N) is 1. The van der Waals surface area contributed by atoms with Gasteiger partial charge in [-0.1, -0.05) is 18.2 Å². The lowest BCUT2D eigenvalue weighted by Crippen LogP contribution is -2.31. The molecule has 8 nitrogen and oxygen atoms in total. The summed E-state index contributed by atoms with van der Waals surface area (Å²) in [4.78, 5) is 4.43. The molecule has 6 N–H and O–H groups in total. The molecule has 0 atom stereocenters. The molecule has 2 heterocycles. The Hall–Kier alpha value is -3.66. The van der Waals surface area contributed by atoms with E-state index in [4.69, 9.17) is 21.2 Å². The molecule has 0 saturated carbocycles. The van der Waals surface area contributed by atoms with Gasteiger partial charge in [0.2, 0.25) is 5.88 Å². The summed E-state index contributed by atoms with van der Waals surface area (Å²) in [5.41, 5.74) is 7.38. The van der Waals surface area contributed by atoms with E-state index in [2.05, 4.69) is 58.1 Å². The molecule has 2 aromatic carbocycles. The van der Waals surface area contributed by atoms with Crippen LogP contribution < -0.4 is 26.6 Å². The van der Waals surface area contributed by atoms with Crippen LogP contribution in [0.25, 0.3) is 21.2 Å². The van der Waals surface area contributed by atoms with Crippen molar-refractivity contribution in [3.8, 4) is 22.8 Å². The number of aromatic nitrogens is 1. The third-order valence-corrected chi connectivity index (χ3v) is 7.23. The topological polar surface area (TPSA) is 128 Å². The number of hydrazone groups is 1. The van der Waals surface area contributed by atoms with Crippen LogP contribution >= 0.6 is 11.3 Å². The van der Waals surface area contributed by atoms with Crippen molar-refractivity contribution < 1.29 is 14.6 Å². The first-order valence-corrected chi connectivity index (χ1v) is 13.4. The van der Waals surface area contributed by atoms with E-state index in [-0.39, 0.29) is 0 Å². The lowest BCUT2D eigenvalue weighted by Gasteiger charge is -2.17. The van der Waals surface area contributed by atoms with E-state index in [1.165, 1.54) is 21.2 Å². The third kappa shape index (κ3) is 7.22. The van der Waals surface area contributed by atoms with Gasteiger partial charge >= 0.3 is 0 Å². The highest BCUT2D eigenvalue weighted by molar-refractivity contribution is 7.17. The monoisotopic (exact) mass is 533 g/mol. The number of nitrogens with two attached hydrogens (primary N) is 2. The zero-order valence-corrected chi connectivity index (χ0v) is 22.8. The molecule has 0 aliphatic carbocycles. The molecule has 0 fully saturated rings. The summed E-state index contributed by atoms with van der Waals surface area (Å²) in [6.07, 6.45) is 3.69. The van der Waals surface area contributed by atoms with Crippen molar-refractivity contribution in [1.29, 1.82) is 0 Å². The number of thiophene rings is 1. The van der Waals surface area contributed by atoms with Crippen LogP contribution in [0.2, 0.25) is 0 Å². The molecule has 0 amide bonds. The van der Waals surface area contributed by atoms with Crippen LogP contribution in [0.5, 0.6) is 11.6 Å². The van der Waals surface area contributed by atoms with Crippen LogP contribution in [0.1, 0.15) is 43.4 Å². The standard InChI is InChI=1S/C29H35N5O3S/c1-19-14-22(36-13-12-29(2,3)35)7-8-23(19)25-18-38-26-9-4-21(15-24(25)26)17-37-28-11-6-20(16-32-28)5-10-27(33-30)34-31/h4,6-9,11,14-16,18,35H,5,10,12-13,17,30-31H2,1-3H3,(H,33,34). The number of nitrogens with zero attached hydrogens (tertiary/aromatic N) is 2. The third-order valence-electron chi connectivity index (χ3n) is 6.27. The molecular weight excluding hydrogens is 498 g/mol. The van der Waals surface area contributed by atoms with Gasteiger partial charge in [0.1, 0.15) is 18.2 Å². The fourth-order valence-corrected chi connectivity index (χ4v) is 5.00.